The van der Waals surface area contributed by atoms with E-state index >= 15 is 0 Å². The maximum Gasteiger partial charge on any atom is 0.125 e. The van der Waals surface area contributed by atoms with E-state index < -0.39 is 0 Å². The highest BCUT2D eigenvalue weighted by molar-refractivity contribution is 5.81. The Balaban J connectivity index is 2.48. The average Bonchev–Trinajstić information content (AvgIpc) is 2.63. The summed E-state index contributed by atoms with van der Waals surface area (Å²) >= 11 is 0. The van der Waals surface area contributed by atoms with E-state index in [-0.39, 0.29) is 5.82 Å². The predicted octanol–water partition coefficient (Wildman–Crippen LogP) is 3.86. The largest absolute Gasteiger partial charge is 0.341 e. The van der Waals surface area contributed by atoms with Crippen molar-refractivity contribution in [3.63, 3.8) is 0 Å². The standard InChI is InChI=1S/C15H21FN2/c1-10(2)17-9-14-7-12-5-6-13(16)8-15(12)18(14)11(3)4/h5-8,10-11,17H,9H2,1-4H3. The summed E-state index contributed by atoms with van der Waals surface area (Å²) in [6, 6.07) is 7.90. The Kier molecular flexibility index (Phi) is 3.71. The third kappa shape index (κ3) is 2.56. The number of benzene rings is 1. The summed E-state index contributed by atoms with van der Waals surface area (Å²) in [6.45, 7) is 9.32. The number of fused-ring (bicyclic) bond motifs is 1. The van der Waals surface area contributed by atoms with Crippen LogP contribution in [0.15, 0.2) is 24.3 Å². The molecule has 0 amide bonds. The number of hydrogen-bond acceptors (Lipinski definition) is 1. The van der Waals surface area contributed by atoms with E-state index in [0.29, 0.717) is 12.1 Å². The second kappa shape index (κ2) is 5.11. The Bertz CT molecular complexity index is 541. The summed E-state index contributed by atoms with van der Waals surface area (Å²) in [7, 11) is 0. The van der Waals surface area contributed by atoms with Crippen LogP contribution in [-0.4, -0.2) is 10.6 Å². The van der Waals surface area contributed by atoms with Gasteiger partial charge >= 0.3 is 0 Å². The van der Waals surface area contributed by atoms with Crippen molar-refractivity contribution in [2.45, 2.75) is 46.3 Å². The fourth-order valence-corrected chi connectivity index (χ4v) is 2.31. The highest BCUT2D eigenvalue weighted by Gasteiger charge is 2.12. The highest BCUT2D eigenvalue weighted by Crippen LogP contribution is 2.25. The quantitative estimate of drug-likeness (QED) is 0.869. The number of rotatable bonds is 4. The molecule has 0 unspecified atom stereocenters. The zero-order valence-corrected chi connectivity index (χ0v) is 11.5. The van der Waals surface area contributed by atoms with Crippen LogP contribution in [0.25, 0.3) is 10.9 Å². The van der Waals surface area contributed by atoms with Crippen LogP contribution in [0.3, 0.4) is 0 Å². The Morgan fingerprint density at radius 2 is 1.89 bits per heavy atom. The van der Waals surface area contributed by atoms with Gasteiger partial charge in [-0.3, -0.25) is 0 Å². The first kappa shape index (κ1) is 13.1. The van der Waals surface area contributed by atoms with Gasteiger partial charge in [-0.15, -0.1) is 0 Å². The molecular formula is C15H21FN2. The maximum absolute atomic E-state index is 13.4. The molecule has 1 aromatic carbocycles. The Morgan fingerprint density at radius 3 is 2.50 bits per heavy atom. The van der Waals surface area contributed by atoms with E-state index in [1.54, 1.807) is 6.07 Å². The Hall–Kier alpha value is -1.35. The van der Waals surface area contributed by atoms with Gasteiger partial charge < -0.3 is 9.88 Å². The zero-order chi connectivity index (χ0) is 13.3. The van der Waals surface area contributed by atoms with Gasteiger partial charge in [0, 0.05) is 29.7 Å². The third-order valence-electron chi connectivity index (χ3n) is 3.09. The van der Waals surface area contributed by atoms with E-state index in [2.05, 4.69) is 43.6 Å². The van der Waals surface area contributed by atoms with E-state index in [4.69, 9.17) is 0 Å². The minimum absolute atomic E-state index is 0.175. The molecule has 0 aliphatic rings. The molecule has 2 aromatic rings. The van der Waals surface area contributed by atoms with Crippen LogP contribution >= 0.6 is 0 Å². The van der Waals surface area contributed by atoms with Crippen molar-refractivity contribution in [1.29, 1.82) is 0 Å². The van der Waals surface area contributed by atoms with E-state index in [0.717, 1.165) is 17.4 Å². The minimum Gasteiger partial charge on any atom is -0.341 e. The van der Waals surface area contributed by atoms with E-state index in [1.807, 2.05) is 6.07 Å². The lowest BCUT2D eigenvalue weighted by atomic mass is 10.2. The lowest BCUT2D eigenvalue weighted by Gasteiger charge is -2.16. The van der Waals surface area contributed by atoms with Gasteiger partial charge in [-0.05, 0) is 38.1 Å². The van der Waals surface area contributed by atoms with Crippen molar-refractivity contribution in [2.24, 2.45) is 0 Å². The molecule has 1 N–H and O–H groups in total. The molecule has 18 heavy (non-hydrogen) atoms. The summed E-state index contributed by atoms with van der Waals surface area (Å²) in [5, 5.41) is 4.52. The van der Waals surface area contributed by atoms with Gasteiger partial charge in [0.1, 0.15) is 5.82 Å². The molecule has 0 fully saturated rings. The zero-order valence-electron chi connectivity index (χ0n) is 11.5. The molecule has 0 saturated heterocycles. The first-order chi connectivity index (χ1) is 8.49. The van der Waals surface area contributed by atoms with Crippen LogP contribution < -0.4 is 5.32 Å². The predicted molar refractivity (Wildman–Crippen MR) is 74.3 cm³/mol. The van der Waals surface area contributed by atoms with Crippen LogP contribution in [0.5, 0.6) is 0 Å². The van der Waals surface area contributed by atoms with Crippen molar-refractivity contribution in [3.8, 4) is 0 Å². The van der Waals surface area contributed by atoms with Gasteiger partial charge in [0.15, 0.2) is 0 Å². The molecule has 1 heterocycles. The maximum atomic E-state index is 13.4. The fourth-order valence-electron chi connectivity index (χ4n) is 2.31. The van der Waals surface area contributed by atoms with Gasteiger partial charge in [-0.1, -0.05) is 13.8 Å². The molecule has 0 atom stereocenters. The first-order valence-electron chi connectivity index (χ1n) is 6.51. The number of nitrogens with one attached hydrogen (secondary N) is 1. The summed E-state index contributed by atoms with van der Waals surface area (Å²) in [6.07, 6.45) is 0. The first-order valence-corrected chi connectivity index (χ1v) is 6.51. The summed E-state index contributed by atoms with van der Waals surface area (Å²) in [5.74, 6) is -0.175. The summed E-state index contributed by atoms with van der Waals surface area (Å²) in [5.41, 5.74) is 2.19. The van der Waals surface area contributed by atoms with E-state index in [9.17, 15) is 4.39 Å². The normalized spacial score (nSPS) is 11.9. The summed E-state index contributed by atoms with van der Waals surface area (Å²) < 4.78 is 15.6. The molecule has 0 radical (unpaired) electrons. The lowest BCUT2D eigenvalue weighted by Crippen LogP contribution is -2.23. The third-order valence-corrected chi connectivity index (χ3v) is 3.09. The van der Waals surface area contributed by atoms with Crippen molar-refractivity contribution < 1.29 is 4.39 Å². The molecule has 98 valence electrons. The molecule has 3 heteroatoms. The number of halogens is 1. The van der Waals surface area contributed by atoms with Crippen LogP contribution in [0.1, 0.15) is 39.4 Å². The lowest BCUT2D eigenvalue weighted by molar-refractivity contribution is 0.534. The van der Waals surface area contributed by atoms with Gasteiger partial charge in [-0.25, -0.2) is 4.39 Å². The SMILES string of the molecule is CC(C)NCc1cc2ccc(F)cc2n1C(C)C. The number of aromatic nitrogens is 1. The molecule has 0 bridgehead atoms. The van der Waals surface area contributed by atoms with Gasteiger partial charge in [-0.2, -0.15) is 0 Å². The molecule has 2 nitrogen and oxygen atoms in total. The van der Waals surface area contributed by atoms with Crippen LogP contribution in [0, 0.1) is 5.82 Å². The highest BCUT2D eigenvalue weighted by atomic mass is 19.1. The monoisotopic (exact) mass is 248 g/mol. The van der Waals surface area contributed by atoms with Gasteiger partial charge in [0.05, 0.1) is 5.52 Å². The van der Waals surface area contributed by atoms with Gasteiger partial charge in [0.25, 0.3) is 0 Å². The molecule has 0 spiro atoms. The van der Waals surface area contributed by atoms with Crippen LogP contribution in [0.4, 0.5) is 4.39 Å². The number of nitrogens with zero attached hydrogens (tertiary/aromatic N) is 1. The second-order valence-electron chi connectivity index (χ2n) is 5.34. The van der Waals surface area contributed by atoms with Crippen LogP contribution in [-0.2, 0) is 6.54 Å². The fraction of sp³-hybridized carbons (Fsp3) is 0.467. The van der Waals surface area contributed by atoms with Crippen LogP contribution in [0.2, 0.25) is 0 Å². The molecule has 0 aliphatic heterocycles. The van der Waals surface area contributed by atoms with Crippen molar-refractivity contribution >= 4 is 10.9 Å². The van der Waals surface area contributed by atoms with Crippen molar-refractivity contribution in [2.75, 3.05) is 0 Å². The van der Waals surface area contributed by atoms with Crippen molar-refractivity contribution in [3.05, 3.63) is 35.8 Å². The average molecular weight is 248 g/mol. The molecule has 2 rings (SSSR count). The topological polar surface area (TPSA) is 17.0 Å². The molecular weight excluding hydrogens is 227 g/mol. The van der Waals surface area contributed by atoms with E-state index in [1.165, 1.54) is 11.8 Å². The molecule has 0 aliphatic carbocycles. The molecule has 0 saturated carbocycles. The molecule has 1 aromatic heterocycles. The Labute approximate surface area is 108 Å². The number of hydrogen-bond donors (Lipinski definition) is 1. The summed E-state index contributed by atoms with van der Waals surface area (Å²) in [4.78, 5) is 0. The second-order valence-corrected chi connectivity index (χ2v) is 5.34. The Morgan fingerprint density at radius 1 is 1.17 bits per heavy atom. The van der Waals surface area contributed by atoms with Gasteiger partial charge in [0.2, 0.25) is 0 Å². The smallest absolute Gasteiger partial charge is 0.125 e. The minimum atomic E-state index is -0.175. The van der Waals surface area contributed by atoms with Crippen molar-refractivity contribution in [1.82, 2.24) is 9.88 Å².